The standard InChI is InChI=1S/C19H24N2O5/c1-3-13-6-4-5-7-15(13)21-10-14(8-17(21)22)18(23)20-9-12(2)26-16(11-20)19(24)25/h4-7,12,14,16H,3,8-11H2,1-2H3,(H,24,25)/t12-,14?,16?/m1/s1. The maximum Gasteiger partial charge on any atom is 0.334 e. The van der Waals surface area contributed by atoms with Gasteiger partial charge in [-0.05, 0) is 25.0 Å². The first-order chi connectivity index (χ1) is 12.4. The third kappa shape index (κ3) is 3.58. The first kappa shape index (κ1) is 18.4. The summed E-state index contributed by atoms with van der Waals surface area (Å²) in [7, 11) is 0. The van der Waals surface area contributed by atoms with Crippen LogP contribution in [0.15, 0.2) is 24.3 Å². The Bertz CT molecular complexity index is 720. The van der Waals surface area contributed by atoms with Crippen LogP contribution in [0.4, 0.5) is 5.69 Å². The highest BCUT2D eigenvalue weighted by Crippen LogP contribution is 2.30. The zero-order chi connectivity index (χ0) is 18.8. The number of para-hydroxylation sites is 1. The largest absolute Gasteiger partial charge is 0.479 e. The van der Waals surface area contributed by atoms with Crippen molar-refractivity contribution in [1.29, 1.82) is 0 Å². The molecule has 140 valence electrons. The Balaban J connectivity index is 1.74. The lowest BCUT2D eigenvalue weighted by Gasteiger charge is -2.36. The number of carbonyl (C=O) groups excluding carboxylic acids is 2. The average molecular weight is 360 g/mol. The van der Waals surface area contributed by atoms with E-state index in [2.05, 4.69) is 0 Å². The smallest absolute Gasteiger partial charge is 0.334 e. The van der Waals surface area contributed by atoms with Crippen molar-refractivity contribution in [2.24, 2.45) is 5.92 Å². The van der Waals surface area contributed by atoms with E-state index in [4.69, 9.17) is 4.74 Å². The number of aryl methyl sites for hydroxylation is 1. The fraction of sp³-hybridized carbons (Fsp3) is 0.526. The van der Waals surface area contributed by atoms with Crippen molar-refractivity contribution in [2.45, 2.75) is 38.9 Å². The Morgan fingerprint density at radius 1 is 1.23 bits per heavy atom. The summed E-state index contributed by atoms with van der Waals surface area (Å²) >= 11 is 0. The summed E-state index contributed by atoms with van der Waals surface area (Å²) in [6.07, 6.45) is -0.403. The number of aliphatic carboxylic acids is 1. The van der Waals surface area contributed by atoms with Gasteiger partial charge in [-0.1, -0.05) is 25.1 Å². The van der Waals surface area contributed by atoms with E-state index in [1.54, 1.807) is 11.8 Å². The van der Waals surface area contributed by atoms with Crippen molar-refractivity contribution >= 4 is 23.5 Å². The van der Waals surface area contributed by atoms with Gasteiger partial charge in [-0.15, -0.1) is 0 Å². The second kappa shape index (κ2) is 7.45. The van der Waals surface area contributed by atoms with Gasteiger partial charge in [0.15, 0.2) is 6.10 Å². The van der Waals surface area contributed by atoms with Gasteiger partial charge in [0, 0.05) is 25.2 Å². The first-order valence-corrected chi connectivity index (χ1v) is 8.96. The summed E-state index contributed by atoms with van der Waals surface area (Å²) < 4.78 is 5.36. The summed E-state index contributed by atoms with van der Waals surface area (Å²) in [6, 6.07) is 7.71. The third-order valence-electron chi connectivity index (χ3n) is 4.98. The van der Waals surface area contributed by atoms with Crippen molar-refractivity contribution in [3.63, 3.8) is 0 Å². The van der Waals surface area contributed by atoms with Crippen LogP contribution in [-0.4, -0.2) is 59.6 Å². The monoisotopic (exact) mass is 360 g/mol. The normalized spacial score (nSPS) is 26.2. The van der Waals surface area contributed by atoms with E-state index in [-0.39, 0.29) is 30.9 Å². The highest BCUT2D eigenvalue weighted by atomic mass is 16.5. The Morgan fingerprint density at radius 3 is 2.65 bits per heavy atom. The van der Waals surface area contributed by atoms with Gasteiger partial charge >= 0.3 is 5.97 Å². The lowest BCUT2D eigenvalue weighted by atomic mass is 10.1. The number of carboxylic acids is 1. The van der Waals surface area contributed by atoms with E-state index in [1.807, 2.05) is 31.2 Å². The average Bonchev–Trinajstić information content (AvgIpc) is 3.02. The predicted octanol–water partition coefficient (Wildman–Crippen LogP) is 1.30. The maximum absolute atomic E-state index is 12.9. The molecule has 2 unspecified atom stereocenters. The Morgan fingerprint density at radius 2 is 1.96 bits per heavy atom. The molecule has 0 aliphatic carbocycles. The molecular formula is C19H24N2O5. The second-order valence-corrected chi connectivity index (χ2v) is 6.90. The molecule has 1 aromatic carbocycles. The highest BCUT2D eigenvalue weighted by Gasteiger charge is 2.40. The minimum Gasteiger partial charge on any atom is -0.479 e. The number of hydrogen-bond donors (Lipinski definition) is 1. The number of carboxylic acid groups (broad SMARTS) is 1. The van der Waals surface area contributed by atoms with E-state index in [9.17, 15) is 19.5 Å². The van der Waals surface area contributed by atoms with Gasteiger partial charge in [-0.3, -0.25) is 9.59 Å². The molecule has 3 rings (SSSR count). The van der Waals surface area contributed by atoms with Gasteiger partial charge in [0.1, 0.15) is 0 Å². The molecule has 2 saturated heterocycles. The maximum atomic E-state index is 12.9. The summed E-state index contributed by atoms with van der Waals surface area (Å²) in [5, 5.41) is 9.19. The van der Waals surface area contributed by atoms with E-state index in [1.165, 1.54) is 4.90 Å². The lowest BCUT2D eigenvalue weighted by molar-refractivity contribution is -0.167. The van der Waals surface area contributed by atoms with Crippen LogP contribution in [0.1, 0.15) is 25.8 Å². The molecule has 26 heavy (non-hydrogen) atoms. The van der Waals surface area contributed by atoms with Crippen LogP contribution >= 0.6 is 0 Å². The summed E-state index contributed by atoms with van der Waals surface area (Å²) in [4.78, 5) is 39.8. The molecule has 1 N–H and O–H groups in total. The minimum absolute atomic E-state index is 0.0226. The molecular weight excluding hydrogens is 336 g/mol. The number of nitrogens with zero attached hydrogens (tertiary/aromatic N) is 2. The van der Waals surface area contributed by atoms with Gasteiger partial charge in [-0.2, -0.15) is 0 Å². The van der Waals surface area contributed by atoms with Gasteiger partial charge < -0.3 is 19.6 Å². The van der Waals surface area contributed by atoms with Crippen LogP contribution in [-0.2, 0) is 25.5 Å². The highest BCUT2D eigenvalue weighted by molar-refractivity contribution is 6.01. The number of rotatable bonds is 4. The van der Waals surface area contributed by atoms with Gasteiger partial charge in [0.25, 0.3) is 0 Å². The predicted molar refractivity (Wildman–Crippen MR) is 94.8 cm³/mol. The fourth-order valence-electron chi connectivity index (χ4n) is 3.70. The fourth-order valence-corrected chi connectivity index (χ4v) is 3.70. The molecule has 2 heterocycles. The van der Waals surface area contributed by atoms with Crippen LogP contribution in [0.25, 0.3) is 0 Å². The van der Waals surface area contributed by atoms with E-state index in [0.29, 0.717) is 13.1 Å². The van der Waals surface area contributed by atoms with E-state index >= 15 is 0 Å². The molecule has 0 radical (unpaired) electrons. The Kier molecular flexibility index (Phi) is 5.27. The minimum atomic E-state index is -1.07. The molecule has 2 amide bonds. The molecule has 0 spiro atoms. The van der Waals surface area contributed by atoms with Gasteiger partial charge in [0.05, 0.1) is 18.6 Å². The molecule has 2 aliphatic rings. The quantitative estimate of drug-likeness (QED) is 0.875. The SMILES string of the molecule is CCc1ccccc1N1CC(C(=O)N2CC(C(=O)O)O[C@H](C)C2)CC1=O. The molecule has 7 nitrogen and oxygen atoms in total. The van der Waals surface area contributed by atoms with Crippen LogP contribution in [0.3, 0.4) is 0 Å². The number of ether oxygens (including phenoxy) is 1. The van der Waals surface area contributed by atoms with E-state index in [0.717, 1.165) is 17.7 Å². The number of carbonyl (C=O) groups is 3. The lowest BCUT2D eigenvalue weighted by Crippen LogP contribution is -2.53. The van der Waals surface area contributed by atoms with Crippen molar-refractivity contribution < 1.29 is 24.2 Å². The van der Waals surface area contributed by atoms with Crippen LogP contribution in [0, 0.1) is 5.92 Å². The first-order valence-electron chi connectivity index (χ1n) is 8.96. The zero-order valence-electron chi connectivity index (χ0n) is 15.1. The van der Waals surface area contributed by atoms with Crippen molar-refractivity contribution in [2.75, 3.05) is 24.5 Å². The number of benzene rings is 1. The molecule has 2 fully saturated rings. The van der Waals surface area contributed by atoms with Crippen molar-refractivity contribution in [1.82, 2.24) is 4.90 Å². The number of hydrogen-bond acceptors (Lipinski definition) is 4. The Labute approximate surface area is 152 Å². The van der Waals surface area contributed by atoms with Crippen molar-refractivity contribution in [3.8, 4) is 0 Å². The topological polar surface area (TPSA) is 87.2 Å². The van der Waals surface area contributed by atoms with Crippen LogP contribution < -0.4 is 4.90 Å². The second-order valence-electron chi connectivity index (χ2n) is 6.90. The summed E-state index contributed by atoms with van der Waals surface area (Å²) in [6.45, 7) is 4.48. The molecule has 2 aliphatic heterocycles. The Hall–Kier alpha value is -2.41. The van der Waals surface area contributed by atoms with Gasteiger partial charge in [0.2, 0.25) is 11.8 Å². The molecule has 3 atom stereocenters. The van der Waals surface area contributed by atoms with E-state index < -0.39 is 18.0 Å². The molecule has 0 aromatic heterocycles. The number of amides is 2. The summed E-state index contributed by atoms with van der Waals surface area (Å²) in [5.74, 6) is -1.76. The van der Waals surface area contributed by atoms with Crippen LogP contribution in [0.5, 0.6) is 0 Å². The van der Waals surface area contributed by atoms with Crippen LogP contribution in [0.2, 0.25) is 0 Å². The molecule has 7 heteroatoms. The number of morpholine rings is 1. The zero-order valence-corrected chi connectivity index (χ0v) is 15.1. The number of anilines is 1. The molecule has 0 bridgehead atoms. The van der Waals surface area contributed by atoms with Gasteiger partial charge in [-0.25, -0.2) is 4.79 Å². The summed E-state index contributed by atoms with van der Waals surface area (Å²) in [5.41, 5.74) is 1.92. The molecule has 0 saturated carbocycles. The third-order valence-corrected chi connectivity index (χ3v) is 4.98. The van der Waals surface area contributed by atoms with Crippen molar-refractivity contribution in [3.05, 3.63) is 29.8 Å². The molecule has 1 aromatic rings.